The van der Waals surface area contributed by atoms with Crippen LogP contribution in [0.25, 0.3) is 0 Å². The predicted octanol–water partition coefficient (Wildman–Crippen LogP) is 3.60. The molecule has 0 unspecified atom stereocenters. The first-order valence-corrected chi connectivity index (χ1v) is 5.56. The number of anilines is 2. The van der Waals surface area contributed by atoms with E-state index in [1.807, 2.05) is 6.07 Å². The van der Waals surface area contributed by atoms with Gasteiger partial charge in [0.1, 0.15) is 11.9 Å². The van der Waals surface area contributed by atoms with Gasteiger partial charge in [0.15, 0.2) is 0 Å². The first kappa shape index (κ1) is 11.6. The van der Waals surface area contributed by atoms with E-state index >= 15 is 0 Å². The van der Waals surface area contributed by atoms with Gasteiger partial charge in [0.2, 0.25) is 0 Å². The van der Waals surface area contributed by atoms with Crippen LogP contribution in [0, 0.1) is 17.1 Å². The number of hydrogen-bond acceptors (Lipinski definition) is 3. The van der Waals surface area contributed by atoms with Crippen LogP contribution in [0.15, 0.2) is 41.1 Å². The van der Waals surface area contributed by atoms with Gasteiger partial charge in [-0.1, -0.05) is 15.9 Å². The van der Waals surface area contributed by atoms with E-state index in [4.69, 9.17) is 5.26 Å². The SMILES string of the molecule is N#Cc1ccncc1Nc1ccc(Br)cc1F. The molecule has 17 heavy (non-hydrogen) atoms. The summed E-state index contributed by atoms with van der Waals surface area (Å²) in [4.78, 5) is 3.89. The number of pyridine rings is 1. The molecule has 2 aromatic rings. The smallest absolute Gasteiger partial charge is 0.147 e. The Labute approximate surface area is 106 Å². The zero-order valence-corrected chi connectivity index (χ0v) is 10.2. The van der Waals surface area contributed by atoms with Gasteiger partial charge in [-0.15, -0.1) is 0 Å². The molecule has 0 aliphatic heterocycles. The molecule has 0 aliphatic carbocycles. The lowest BCUT2D eigenvalue weighted by atomic mass is 10.2. The van der Waals surface area contributed by atoms with Crippen LogP contribution in [0.5, 0.6) is 0 Å². The van der Waals surface area contributed by atoms with Crippen molar-refractivity contribution in [3.8, 4) is 6.07 Å². The van der Waals surface area contributed by atoms with Crippen molar-refractivity contribution >= 4 is 27.3 Å². The molecule has 1 aromatic heterocycles. The lowest BCUT2D eigenvalue weighted by Crippen LogP contribution is -1.96. The molecule has 3 nitrogen and oxygen atoms in total. The van der Waals surface area contributed by atoms with Crippen LogP contribution in [0.3, 0.4) is 0 Å². The summed E-state index contributed by atoms with van der Waals surface area (Å²) in [5, 5.41) is 11.7. The summed E-state index contributed by atoms with van der Waals surface area (Å²) in [7, 11) is 0. The molecule has 1 heterocycles. The third-order valence-electron chi connectivity index (χ3n) is 2.14. The average Bonchev–Trinajstić information content (AvgIpc) is 2.33. The third kappa shape index (κ3) is 2.60. The van der Waals surface area contributed by atoms with Crippen LogP contribution in [-0.4, -0.2) is 4.98 Å². The molecular weight excluding hydrogens is 285 g/mol. The Morgan fingerprint density at radius 1 is 1.29 bits per heavy atom. The van der Waals surface area contributed by atoms with Crippen LogP contribution in [0.1, 0.15) is 5.56 Å². The van der Waals surface area contributed by atoms with Gasteiger partial charge in [-0.25, -0.2) is 4.39 Å². The Bertz CT molecular complexity index is 593. The molecule has 0 saturated heterocycles. The predicted molar refractivity (Wildman–Crippen MR) is 66.3 cm³/mol. The van der Waals surface area contributed by atoms with Crippen LogP contribution >= 0.6 is 15.9 Å². The van der Waals surface area contributed by atoms with Crippen molar-refractivity contribution in [1.82, 2.24) is 4.98 Å². The minimum atomic E-state index is -0.396. The number of nitrogens with zero attached hydrogens (tertiary/aromatic N) is 2. The second-order valence-electron chi connectivity index (χ2n) is 3.28. The number of halogens is 2. The topological polar surface area (TPSA) is 48.7 Å². The maximum atomic E-state index is 13.6. The van der Waals surface area contributed by atoms with E-state index in [0.29, 0.717) is 21.4 Å². The van der Waals surface area contributed by atoms with Crippen LogP contribution in [-0.2, 0) is 0 Å². The van der Waals surface area contributed by atoms with Gasteiger partial charge in [-0.3, -0.25) is 4.98 Å². The Hall–Kier alpha value is -1.93. The molecule has 0 radical (unpaired) electrons. The fraction of sp³-hybridized carbons (Fsp3) is 0. The first-order valence-electron chi connectivity index (χ1n) is 4.77. The van der Waals surface area contributed by atoms with Crippen molar-refractivity contribution in [3.63, 3.8) is 0 Å². The lowest BCUT2D eigenvalue weighted by molar-refractivity contribution is 0.631. The highest BCUT2D eigenvalue weighted by Crippen LogP contribution is 2.24. The van der Waals surface area contributed by atoms with E-state index < -0.39 is 5.82 Å². The number of rotatable bonds is 2. The number of benzene rings is 1. The largest absolute Gasteiger partial charge is 0.351 e. The number of aromatic nitrogens is 1. The number of nitrogens with one attached hydrogen (secondary N) is 1. The molecule has 0 atom stereocenters. The number of nitriles is 1. The van der Waals surface area contributed by atoms with E-state index in [1.54, 1.807) is 18.2 Å². The van der Waals surface area contributed by atoms with Crippen LogP contribution in [0.2, 0.25) is 0 Å². The summed E-state index contributed by atoms with van der Waals surface area (Å²) in [5.74, 6) is -0.396. The normalized spacial score (nSPS) is 9.71. The summed E-state index contributed by atoms with van der Waals surface area (Å²) in [6.07, 6.45) is 3.00. The highest BCUT2D eigenvalue weighted by atomic mass is 79.9. The molecule has 0 spiro atoms. The minimum absolute atomic E-state index is 0.303. The molecule has 1 N–H and O–H groups in total. The fourth-order valence-electron chi connectivity index (χ4n) is 1.33. The van der Waals surface area contributed by atoms with Gasteiger partial charge >= 0.3 is 0 Å². The number of hydrogen-bond donors (Lipinski definition) is 1. The van der Waals surface area contributed by atoms with Gasteiger partial charge in [-0.2, -0.15) is 5.26 Å². The van der Waals surface area contributed by atoms with Crippen molar-refractivity contribution in [3.05, 3.63) is 52.5 Å². The summed E-state index contributed by atoms with van der Waals surface area (Å²) in [5.41, 5.74) is 1.20. The first-order chi connectivity index (χ1) is 8.20. The van der Waals surface area contributed by atoms with Gasteiger partial charge in [0.05, 0.1) is 23.1 Å². The van der Waals surface area contributed by atoms with Crippen molar-refractivity contribution < 1.29 is 4.39 Å². The summed E-state index contributed by atoms with van der Waals surface area (Å²) < 4.78 is 14.2. The molecule has 0 bridgehead atoms. The molecule has 84 valence electrons. The molecule has 0 saturated carbocycles. The van der Waals surface area contributed by atoms with Crippen molar-refractivity contribution in [1.29, 1.82) is 5.26 Å². The zero-order valence-electron chi connectivity index (χ0n) is 8.61. The average molecular weight is 292 g/mol. The fourth-order valence-corrected chi connectivity index (χ4v) is 1.66. The minimum Gasteiger partial charge on any atom is -0.351 e. The molecule has 0 fully saturated rings. The van der Waals surface area contributed by atoms with Crippen LogP contribution < -0.4 is 5.32 Å². The van der Waals surface area contributed by atoms with Gasteiger partial charge in [0, 0.05) is 10.7 Å². The lowest BCUT2D eigenvalue weighted by Gasteiger charge is -2.08. The van der Waals surface area contributed by atoms with Crippen molar-refractivity contribution in [2.45, 2.75) is 0 Å². The molecule has 0 amide bonds. The monoisotopic (exact) mass is 291 g/mol. The van der Waals surface area contributed by atoms with Crippen molar-refractivity contribution in [2.24, 2.45) is 0 Å². The summed E-state index contributed by atoms with van der Waals surface area (Å²) in [6, 6.07) is 8.24. The molecular formula is C12H7BrFN3. The Balaban J connectivity index is 2.35. The molecule has 2 rings (SSSR count). The quantitative estimate of drug-likeness (QED) is 0.920. The van der Waals surface area contributed by atoms with Crippen LogP contribution in [0.4, 0.5) is 15.8 Å². The summed E-state index contributed by atoms with van der Waals surface area (Å²) >= 11 is 3.18. The van der Waals surface area contributed by atoms with E-state index in [0.717, 1.165) is 0 Å². The molecule has 5 heteroatoms. The van der Waals surface area contributed by atoms with E-state index in [1.165, 1.54) is 18.5 Å². The maximum absolute atomic E-state index is 13.6. The van der Waals surface area contributed by atoms with Gasteiger partial charge in [0.25, 0.3) is 0 Å². The van der Waals surface area contributed by atoms with Crippen molar-refractivity contribution in [2.75, 3.05) is 5.32 Å². The Kier molecular flexibility index (Phi) is 3.35. The second kappa shape index (κ2) is 4.93. The second-order valence-corrected chi connectivity index (χ2v) is 4.20. The maximum Gasteiger partial charge on any atom is 0.147 e. The summed E-state index contributed by atoms with van der Waals surface area (Å²) in [6.45, 7) is 0. The molecule has 1 aromatic carbocycles. The highest BCUT2D eigenvalue weighted by molar-refractivity contribution is 9.10. The standard InChI is InChI=1S/C12H7BrFN3/c13-9-1-2-11(10(14)5-9)17-12-7-16-4-3-8(12)6-15/h1-5,7,17H. The Morgan fingerprint density at radius 3 is 2.82 bits per heavy atom. The molecule has 0 aliphatic rings. The third-order valence-corrected chi connectivity index (χ3v) is 2.64. The van der Waals surface area contributed by atoms with Gasteiger partial charge < -0.3 is 5.32 Å². The Morgan fingerprint density at radius 2 is 2.12 bits per heavy atom. The van der Waals surface area contributed by atoms with E-state index in [-0.39, 0.29) is 0 Å². The van der Waals surface area contributed by atoms with Gasteiger partial charge in [-0.05, 0) is 24.3 Å². The van der Waals surface area contributed by atoms with E-state index in [2.05, 4.69) is 26.2 Å². The highest BCUT2D eigenvalue weighted by Gasteiger charge is 2.06. The zero-order chi connectivity index (χ0) is 12.3. The van der Waals surface area contributed by atoms with E-state index in [9.17, 15) is 4.39 Å².